The van der Waals surface area contributed by atoms with Gasteiger partial charge in [0.2, 0.25) is 5.91 Å². The maximum atomic E-state index is 11.3. The third-order valence-corrected chi connectivity index (χ3v) is 1.92. The van der Waals surface area contributed by atoms with Gasteiger partial charge in [0.05, 0.1) is 13.2 Å². The monoisotopic (exact) mass is 230 g/mol. The molecule has 1 unspecified atom stereocenters. The van der Waals surface area contributed by atoms with Crippen molar-refractivity contribution in [2.24, 2.45) is 5.92 Å². The zero-order chi connectivity index (χ0) is 12.6. The molecule has 0 saturated heterocycles. The molecule has 0 bridgehead atoms. The zero-order valence-corrected chi connectivity index (χ0v) is 10.5. The Labute approximate surface area is 96.9 Å². The zero-order valence-electron chi connectivity index (χ0n) is 10.5. The number of carbonyl (C=O) groups excluding carboxylic acids is 2. The van der Waals surface area contributed by atoms with Crippen LogP contribution < -0.4 is 10.6 Å². The maximum absolute atomic E-state index is 11.3. The Morgan fingerprint density at radius 2 is 1.88 bits per heavy atom. The van der Waals surface area contributed by atoms with E-state index in [1.807, 2.05) is 13.8 Å². The molecule has 0 saturated carbocycles. The van der Waals surface area contributed by atoms with Gasteiger partial charge in [0.1, 0.15) is 6.04 Å². The van der Waals surface area contributed by atoms with Crippen LogP contribution in [0.1, 0.15) is 27.7 Å². The van der Waals surface area contributed by atoms with Crippen molar-refractivity contribution in [1.82, 2.24) is 10.6 Å². The smallest absolute Gasteiger partial charge is 0.322 e. The number of amides is 1. The van der Waals surface area contributed by atoms with E-state index in [1.165, 1.54) is 0 Å². The molecule has 5 nitrogen and oxygen atoms in total. The molecule has 0 fully saturated rings. The molecule has 0 aliphatic heterocycles. The Morgan fingerprint density at radius 1 is 1.25 bits per heavy atom. The van der Waals surface area contributed by atoms with Gasteiger partial charge < -0.3 is 10.1 Å². The van der Waals surface area contributed by atoms with Gasteiger partial charge in [-0.15, -0.1) is 0 Å². The SMILES string of the molecule is CCOC(=O)C(C)NCC(=O)NCC(C)C. The van der Waals surface area contributed by atoms with E-state index in [0.717, 1.165) is 0 Å². The molecule has 0 aliphatic carbocycles. The second kappa shape index (κ2) is 8.10. The van der Waals surface area contributed by atoms with E-state index in [2.05, 4.69) is 10.6 Å². The number of rotatable bonds is 7. The van der Waals surface area contributed by atoms with E-state index >= 15 is 0 Å². The molecule has 0 aromatic heterocycles. The first-order chi connectivity index (χ1) is 7.47. The van der Waals surface area contributed by atoms with Gasteiger partial charge in [-0.2, -0.15) is 0 Å². The summed E-state index contributed by atoms with van der Waals surface area (Å²) in [5.74, 6) is -0.0181. The fourth-order valence-corrected chi connectivity index (χ4v) is 0.977. The lowest BCUT2D eigenvalue weighted by Crippen LogP contribution is -2.42. The van der Waals surface area contributed by atoms with Crippen LogP contribution in [0.5, 0.6) is 0 Å². The third-order valence-electron chi connectivity index (χ3n) is 1.92. The number of nitrogens with one attached hydrogen (secondary N) is 2. The number of esters is 1. The van der Waals surface area contributed by atoms with Crippen LogP contribution in [0.3, 0.4) is 0 Å². The van der Waals surface area contributed by atoms with E-state index < -0.39 is 6.04 Å². The van der Waals surface area contributed by atoms with Gasteiger partial charge in [-0.3, -0.25) is 14.9 Å². The maximum Gasteiger partial charge on any atom is 0.322 e. The highest BCUT2D eigenvalue weighted by molar-refractivity contribution is 5.80. The highest BCUT2D eigenvalue weighted by Crippen LogP contribution is 1.88. The van der Waals surface area contributed by atoms with Crippen molar-refractivity contribution in [2.75, 3.05) is 19.7 Å². The third kappa shape index (κ3) is 7.23. The summed E-state index contributed by atoms with van der Waals surface area (Å²) in [5.41, 5.74) is 0. The number of hydrogen-bond donors (Lipinski definition) is 2. The Balaban J connectivity index is 3.70. The Kier molecular flexibility index (Phi) is 7.54. The minimum absolute atomic E-state index is 0.107. The summed E-state index contributed by atoms with van der Waals surface area (Å²) < 4.78 is 4.80. The number of carbonyl (C=O) groups is 2. The van der Waals surface area contributed by atoms with Gasteiger partial charge in [-0.05, 0) is 19.8 Å². The molecule has 94 valence electrons. The van der Waals surface area contributed by atoms with Crippen LogP contribution in [0.4, 0.5) is 0 Å². The van der Waals surface area contributed by atoms with Crippen LogP contribution in [0.25, 0.3) is 0 Å². The molecule has 5 heteroatoms. The molecule has 0 radical (unpaired) electrons. The molecule has 1 atom stereocenters. The number of ether oxygens (including phenoxy) is 1. The number of hydrogen-bond acceptors (Lipinski definition) is 4. The molecular weight excluding hydrogens is 208 g/mol. The second-order valence-electron chi connectivity index (χ2n) is 4.05. The second-order valence-corrected chi connectivity index (χ2v) is 4.05. The Hall–Kier alpha value is -1.10. The first kappa shape index (κ1) is 14.9. The summed E-state index contributed by atoms with van der Waals surface area (Å²) in [6, 6.07) is -0.454. The largest absolute Gasteiger partial charge is 0.465 e. The Morgan fingerprint density at radius 3 is 2.38 bits per heavy atom. The topological polar surface area (TPSA) is 67.4 Å². The highest BCUT2D eigenvalue weighted by atomic mass is 16.5. The van der Waals surface area contributed by atoms with Crippen molar-refractivity contribution in [3.63, 3.8) is 0 Å². The minimum atomic E-state index is -0.454. The molecule has 0 heterocycles. The average molecular weight is 230 g/mol. The summed E-state index contributed by atoms with van der Waals surface area (Å²) in [6.07, 6.45) is 0. The van der Waals surface area contributed by atoms with Crippen LogP contribution in [0.2, 0.25) is 0 Å². The summed E-state index contributed by atoms with van der Waals surface area (Å²) >= 11 is 0. The van der Waals surface area contributed by atoms with E-state index in [0.29, 0.717) is 19.1 Å². The van der Waals surface area contributed by atoms with Crippen molar-refractivity contribution in [3.8, 4) is 0 Å². The molecule has 0 aliphatic rings. The fourth-order valence-electron chi connectivity index (χ4n) is 0.977. The van der Waals surface area contributed by atoms with Gasteiger partial charge >= 0.3 is 5.97 Å². The van der Waals surface area contributed by atoms with Crippen molar-refractivity contribution >= 4 is 11.9 Å². The minimum Gasteiger partial charge on any atom is -0.465 e. The standard InChI is InChI=1S/C11H22N2O3/c1-5-16-11(15)9(4)12-7-10(14)13-6-8(2)3/h8-9,12H,5-7H2,1-4H3,(H,13,14). The lowest BCUT2D eigenvalue weighted by atomic mass is 10.2. The first-order valence-corrected chi connectivity index (χ1v) is 5.64. The van der Waals surface area contributed by atoms with Crippen LogP contribution in [-0.2, 0) is 14.3 Å². The predicted octanol–water partition coefficient (Wildman–Crippen LogP) is 0.300. The summed E-state index contributed by atoms with van der Waals surface area (Å²) in [5, 5.41) is 5.56. The average Bonchev–Trinajstić information content (AvgIpc) is 2.23. The summed E-state index contributed by atoms with van der Waals surface area (Å²) in [4.78, 5) is 22.5. The highest BCUT2D eigenvalue weighted by Gasteiger charge is 2.14. The van der Waals surface area contributed by atoms with Gasteiger partial charge in [0, 0.05) is 6.54 Å². The molecule has 0 rings (SSSR count). The van der Waals surface area contributed by atoms with Crippen molar-refractivity contribution in [2.45, 2.75) is 33.7 Å². The lowest BCUT2D eigenvalue weighted by Gasteiger charge is -2.13. The van der Waals surface area contributed by atoms with Crippen LogP contribution in [0, 0.1) is 5.92 Å². The van der Waals surface area contributed by atoms with Crippen LogP contribution in [0.15, 0.2) is 0 Å². The molecular formula is C11H22N2O3. The van der Waals surface area contributed by atoms with Gasteiger partial charge in [-0.1, -0.05) is 13.8 Å². The summed E-state index contributed by atoms with van der Waals surface area (Å²) in [6.45, 7) is 8.60. The van der Waals surface area contributed by atoms with Gasteiger partial charge in [0.25, 0.3) is 0 Å². The molecule has 1 amide bonds. The van der Waals surface area contributed by atoms with E-state index in [9.17, 15) is 9.59 Å². The predicted molar refractivity (Wildman–Crippen MR) is 61.9 cm³/mol. The van der Waals surface area contributed by atoms with Crippen LogP contribution >= 0.6 is 0 Å². The molecule has 16 heavy (non-hydrogen) atoms. The normalized spacial score (nSPS) is 12.3. The molecule has 0 aromatic carbocycles. The summed E-state index contributed by atoms with van der Waals surface area (Å²) in [7, 11) is 0. The van der Waals surface area contributed by atoms with Crippen molar-refractivity contribution in [1.29, 1.82) is 0 Å². The lowest BCUT2D eigenvalue weighted by molar-refractivity contribution is -0.145. The van der Waals surface area contributed by atoms with Crippen molar-refractivity contribution in [3.05, 3.63) is 0 Å². The van der Waals surface area contributed by atoms with E-state index in [-0.39, 0.29) is 18.4 Å². The molecule has 2 N–H and O–H groups in total. The molecule has 0 spiro atoms. The van der Waals surface area contributed by atoms with E-state index in [1.54, 1.807) is 13.8 Å². The quantitative estimate of drug-likeness (QED) is 0.617. The van der Waals surface area contributed by atoms with E-state index in [4.69, 9.17) is 4.74 Å². The first-order valence-electron chi connectivity index (χ1n) is 5.64. The van der Waals surface area contributed by atoms with Gasteiger partial charge in [-0.25, -0.2) is 0 Å². The van der Waals surface area contributed by atoms with Crippen molar-refractivity contribution < 1.29 is 14.3 Å². The van der Waals surface area contributed by atoms with Gasteiger partial charge in [0.15, 0.2) is 0 Å². The molecule has 0 aromatic rings. The van der Waals surface area contributed by atoms with Crippen LogP contribution in [-0.4, -0.2) is 37.6 Å². The Bertz CT molecular complexity index is 229. The fraction of sp³-hybridized carbons (Fsp3) is 0.818.